The van der Waals surface area contributed by atoms with E-state index < -0.39 is 0 Å². The fraction of sp³-hybridized carbons (Fsp3) is 0.222. The van der Waals surface area contributed by atoms with E-state index in [4.69, 9.17) is 0 Å². The molecule has 1 aromatic rings. The molecule has 0 unspecified atom stereocenters. The van der Waals surface area contributed by atoms with Crippen LogP contribution in [0.2, 0.25) is 0 Å². The number of allylic oxidation sites excluding steroid dienone is 7. The molecule has 2 aliphatic carbocycles. The molecule has 18 heavy (non-hydrogen) atoms. The summed E-state index contributed by atoms with van der Waals surface area (Å²) in [6.45, 7) is 0. The Morgan fingerprint density at radius 3 is 2.56 bits per heavy atom. The van der Waals surface area contributed by atoms with Crippen LogP contribution < -0.4 is 0 Å². The Hall–Kier alpha value is -1.82. The lowest BCUT2D eigenvalue weighted by Crippen LogP contribution is -1.97. The highest BCUT2D eigenvalue weighted by Gasteiger charge is 2.12. The maximum Gasteiger partial charge on any atom is -0.0112 e. The van der Waals surface area contributed by atoms with Crippen LogP contribution in [0.25, 0.3) is 11.6 Å². The molecule has 0 heterocycles. The van der Waals surface area contributed by atoms with Gasteiger partial charge in [-0.2, -0.15) is 0 Å². The van der Waals surface area contributed by atoms with Gasteiger partial charge in [0.2, 0.25) is 0 Å². The topological polar surface area (TPSA) is 0 Å². The Labute approximate surface area is 109 Å². The molecule has 0 fully saturated rings. The molecule has 0 N–H and O–H groups in total. The van der Waals surface area contributed by atoms with Gasteiger partial charge in [-0.15, -0.1) is 0 Å². The summed E-state index contributed by atoms with van der Waals surface area (Å²) in [5.41, 5.74) is 5.78. The van der Waals surface area contributed by atoms with Crippen molar-refractivity contribution in [3.8, 4) is 0 Å². The maximum absolute atomic E-state index is 2.32. The molecule has 0 nitrogen and oxygen atoms in total. The first-order chi connectivity index (χ1) is 8.95. The predicted octanol–water partition coefficient (Wildman–Crippen LogP) is 5.15. The van der Waals surface area contributed by atoms with Gasteiger partial charge in [0.15, 0.2) is 0 Å². The van der Waals surface area contributed by atoms with Crippen LogP contribution in [0.3, 0.4) is 0 Å². The van der Waals surface area contributed by atoms with E-state index in [0.717, 1.165) is 6.42 Å². The van der Waals surface area contributed by atoms with E-state index in [-0.39, 0.29) is 0 Å². The summed E-state index contributed by atoms with van der Waals surface area (Å²) in [5.74, 6) is 0. The second-order valence-electron chi connectivity index (χ2n) is 4.87. The van der Waals surface area contributed by atoms with E-state index >= 15 is 0 Å². The Morgan fingerprint density at radius 2 is 1.61 bits per heavy atom. The number of rotatable bonds is 0. The Bertz CT molecular complexity index is 553. The molecular weight excluding hydrogens is 216 g/mol. The SMILES string of the molecule is C1=CC2=C(CC1)CC/C=C\C=C/c1ccccc12. The van der Waals surface area contributed by atoms with Crippen LogP contribution in [0.4, 0.5) is 0 Å². The van der Waals surface area contributed by atoms with Gasteiger partial charge in [-0.05, 0) is 42.4 Å². The van der Waals surface area contributed by atoms with Gasteiger partial charge in [0, 0.05) is 0 Å². The largest absolute Gasteiger partial charge is 0.0842 e. The second-order valence-corrected chi connectivity index (χ2v) is 4.87. The third-order valence-corrected chi connectivity index (χ3v) is 3.66. The average Bonchev–Trinajstić information content (AvgIpc) is 2.44. The fourth-order valence-corrected chi connectivity index (χ4v) is 2.73. The monoisotopic (exact) mass is 234 g/mol. The zero-order chi connectivity index (χ0) is 12.2. The summed E-state index contributed by atoms with van der Waals surface area (Å²) >= 11 is 0. The summed E-state index contributed by atoms with van der Waals surface area (Å²) in [7, 11) is 0. The molecule has 0 radical (unpaired) electrons. The molecule has 3 rings (SSSR count). The van der Waals surface area contributed by atoms with Crippen molar-refractivity contribution in [2.24, 2.45) is 0 Å². The van der Waals surface area contributed by atoms with Crippen molar-refractivity contribution in [2.75, 3.05) is 0 Å². The van der Waals surface area contributed by atoms with Crippen molar-refractivity contribution >= 4 is 11.6 Å². The number of hydrogen-bond acceptors (Lipinski definition) is 0. The van der Waals surface area contributed by atoms with Gasteiger partial charge in [-0.25, -0.2) is 0 Å². The third-order valence-electron chi connectivity index (χ3n) is 3.66. The van der Waals surface area contributed by atoms with Crippen molar-refractivity contribution in [3.63, 3.8) is 0 Å². The molecular formula is C18H18. The smallest absolute Gasteiger partial charge is 0.0112 e. The number of fused-ring (bicyclic) bond motifs is 2. The van der Waals surface area contributed by atoms with Crippen LogP contribution in [0, 0.1) is 0 Å². The normalized spacial score (nSPS) is 22.0. The van der Waals surface area contributed by atoms with Gasteiger partial charge >= 0.3 is 0 Å². The Balaban J connectivity index is 2.17. The first-order valence-corrected chi connectivity index (χ1v) is 6.76. The van der Waals surface area contributed by atoms with E-state index in [9.17, 15) is 0 Å². The van der Waals surface area contributed by atoms with Gasteiger partial charge in [0.1, 0.15) is 0 Å². The number of hydrogen-bond donors (Lipinski definition) is 0. The minimum absolute atomic E-state index is 1.15. The van der Waals surface area contributed by atoms with E-state index in [0.29, 0.717) is 0 Å². The van der Waals surface area contributed by atoms with Crippen LogP contribution in [-0.4, -0.2) is 0 Å². The van der Waals surface area contributed by atoms with Crippen LogP contribution in [0.5, 0.6) is 0 Å². The van der Waals surface area contributed by atoms with Crippen molar-refractivity contribution in [3.05, 3.63) is 71.3 Å². The van der Waals surface area contributed by atoms with E-state index in [2.05, 4.69) is 60.7 Å². The summed E-state index contributed by atoms with van der Waals surface area (Å²) < 4.78 is 0. The molecule has 0 saturated heterocycles. The summed E-state index contributed by atoms with van der Waals surface area (Å²) in [4.78, 5) is 0. The van der Waals surface area contributed by atoms with Crippen LogP contribution in [-0.2, 0) is 0 Å². The average molecular weight is 234 g/mol. The highest BCUT2D eigenvalue weighted by atomic mass is 14.2. The summed E-state index contributed by atoms with van der Waals surface area (Å²) in [6.07, 6.45) is 18.2. The van der Waals surface area contributed by atoms with Gasteiger partial charge in [0.05, 0.1) is 0 Å². The molecule has 0 aromatic heterocycles. The molecule has 0 heteroatoms. The third kappa shape index (κ3) is 2.24. The van der Waals surface area contributed by atoms with E-state index in [1.165, 1.54) is 36.0 Å². The molecule has 0 saturated carbocycles. The van der Waals surface area contributed by atoms with Crippen LogP contribution >= 0.6 is 0 Å². The first-order valence-electron chi connectivity index (χ1n) is 6.76. The Morgan fingerprint density at radius 1 is 0.778 bits per heavy atom. The molecule has 2 aliphatic rings. The molecule has 0 bridgehead atoms. The van der Waals surface area contributed by atoms with Crippen molar-refractivity contribution < 1.29 is 0 Å². The van der Waals surface area contributed by atoms with Gasteiger partial charge < -0.3 is 0 Å². The molecule has 0 amide bonds. The number of benzene rings is 1. The lowest BCUT2D eigenvalue weighted by atomic mass is 9.87. The minimum atomic E-state index is 1.15. The predicted molar refractivity (Wildman–Crippen MR) is 79.1 cm³/mol. The van der Waals surface area contributed by atoms with Gasteiger partial charge in [-0.1, -0.05) is 66.3 Å². The van der Waals surface area contributed by atoms with Crippen molar-refractivity contribution in [2.45, 2.75) is 25.7 Å². The molecule has 0 aliphatic heterocycles. The standard InChI is InChI=1S/C18H18/c1-2-4-10-16-12-6-8-14-18(16)17-13-7-5-11-15(17)9-3-1/h1-3,5,7-9,11,13-14H,4,6,10,12H2/b2-1-,9-3-. The molecule has 90 valence electrons. The lowest BCUT2D eigenvalue weighted by molar-refractivity contribution is 0.859. The zero-order valence-electron chi connectivity index (χ0n) is 10.6. The second kappa shape index (κ2) is 5.22. The van der Waals surface area contributed by atoms with Gasteiger partial charge in [0.25, 0.3) is 0 Å². The fourth-order valence-electron chi connectivity index (χ4n) is 2.73. The van der Waals surface area contributed by atoms with Crippen LogP contribution in [0.15, 0.2) is 60.2 Å². The molecule has 0 spiro atoms. The maximum atomic E-state index is 2.32. The first kappa shape index (κ1) is 11.3. The van der Waals surface area contributed by atoms with Crippen molar-refractivity contribution in [1.29, 1.82) is 0 Å². The Kier molecular flexibility index (Phi) is 3.27. The highest BCUT2D eigenvalue weighted by molar-refractivity contribution is 5.83. The quantitative estimate of drug-likeness (QED) is 0.582. The van der Waals surface area contributed by atoms with E-state index in [1.54, 1.807) is 5.57 Å². The minimum Gasteiger partial charge on any atom is -0.0842 e. The van der Waals surface area contributed by atoms with Gasteiger partial charge in [-0.3, -0.25) is 0 Å². The van der Waals surface area contributed by atoms with E-state index in [1.807, 2.05) is 0 Å². The van der Waals surface area contributed by atoms with Crippen molar-refractivity contribution in [1.82, 2.24) is 0 Å². The zero-order valence-corrected chi connectivity index (χ0v) is 10.6. The summed E-state index contributed by atoms with van der Waals surface area (Å²) in [6, 6.07) is 8.71. The molecule has 1 aromatic carbocycles. The highest BCUT2D eigenvalue weighted by Crippen LogP contribution is 2.33. The van der Waals surface area contributed by atoms with Crippen LogP contribution in [0.1, 0.15) is 36.8 Å². The molecule has 0 atom stereocenters. The summed E-state index contributed by atoms with van der Waals surface area (Å²) in [5, 5.41) is 0. The lowest BCUT2D eigenvalue weighted by Gasteiger charge is -2.18.